The molecule has 264 valence electrons. The van der Waals surface area contributed by atoms with Crippen LogP contribution >= 0.6 is 118 Å². The van der Waals surface area contributed by atoms with Gasteiger partial charge in [0.15, 0.2) is 10.2 Å². The summed E-state index contributed by atoms with van der Waals surface area (Å²) >= 11 is 17.6. The molecule has 46 heavy (non-hydrogen) atoms. The Morgan fingerprint density at radius 3 is 1.15 bits per heavy atom. The molecule has 0 atom stereocenters. The first kappa shape index (κ1) is 44.0. The average Bonchev–Trinajstić information content (AvgIpc) is 3.63. The van der Waals surface area contributed by atoms with E-state index in [1.165, 1.54) is 48.9 Å². The number of carbonyl (C=O) groups excluding carboxylic acids is 2. The van der Waals surface area contributed by atoms with Gasteiger partial charge in [0.2, 0.25) is 0 Å². The van der Waals surface area contributed by atoms with Gasteiger partial charge in [0.25, 0.3) is 0 Å². The van der Waals surface area contributed by atoms with Crippen LogP contribution in [0.25, 0.3) is 0 Å². The number of rotatable bonds is 28. The summed E-state index contributed by atoms with van der Waals surface area (Å²) in [4.78, 5) is 22.6. The zero-order chi connectivity index (χ0) is 33.2. The van der Waals surface area contributed by atoms with Crippen LogP contribution in [0.2, 0.25) is 0 Å². The minimum absolute atomic E-state index is 0.0206. The number of aliphatic hydroxyl groups is 2. The molecule has 0 fully saturated rings. The lowest BCUT2D eigenvalue weighted by Gasteiger charge is -2.07. The first-order chi connectivity index (χ1) is 22.4. The molecule has 2 N–H and O–H groups in total. The maximum atomic E-state index is 11.3. The van der Waals surface area contributed by atoms with E-state index in [9.17, 15) is 9.59 Å². The third kappa shape index (κ3) is 21.2. The zero-order valence-corrected chi connectivity index (χ0v) is 34.3. The Balaban J connectivity index is 1.97. The molecular weight excluding hydrogens is 785 g/mol. The second-order valence-electron chi connectivity index (χ2n) is 8.81. The fourth-order valence-corrected chi connectivity index (χ4v) is 16.5. The van der Waals surface area contributed by atoms with Gasteiger partial charge in [-0.05, 0) is 24.3 Å². The highest BCUT2D eigenvalue weighted by Crippen LogP contribution is 2.66. The molecule has 2 heterocycles. The van der Waals surface area contributed by atoms with Gasteiger partial charge in [-0.3, -0.25) is 9.59 Å². The molecule has 0 radical (unpaired) electrons. The number of aliphatic hydroxyl groups excluding tert-OH is 2. The van der Waals surface area contributed by atoms with Crippen LogP contribution in [0.15, 0.2) is 25.4 Å². The first-order valence-electron chi connectivity index (χ1n) is 14.7. The Morgan fingerprint density at radius 2 is 0.826 bits per heavy atom. The van der Waals surface area contributed by atoms with E-state index in [-0.39, 0.29) is 23.4 Å². The molecule has 0 bridgehead atoms. The van der Waals surface area contributed by atoms with Crippen LogP contribution in [0.1, 0.15) is 26.7 Å². The van der Waals surface area contributed by atoms with E-state index in [2.05, 4.69) is 0 Å². The number of thioether (sulfide) groups is 10. The van der Waals surface area contributed by atoms with Crippen molar-refractivity contribution in [1.82, 2.24) is 0 Å². The second-order valence-corrected chi connectivity index (χ2v) is 21.4. The van der Waals surface area contributed by atoms with Crippen molar-refractivity contribution in [2.45, 2.75) is 26.7 Å². The summed E-state index contributed by atoms with van der Waals surface area (Å²) in [6.45, 7) is 7.19. The van der Waals surface area contributed by atoms with E-state index in [1.807, 2.05) is 94.1 Å². The van der Waals surface area contributed by atoms with E-state index in [0.717, 1.165) is 47.4 Å². The predicted molar refractivity (Wildman–Crippen MR) is 214 cm³/mol. The molecule has 0 aromatic carbocycles. The van der Waals surface area contributed by atoms with E-state index in [4.69, 9.17) is 29.2 Å². The minimum Gasteiger partial charge on any atom is -0.394 e. The van der Waals surface area contributed by atoms with Crippen LogP contribution < -0.4 is 0 Å². The van der Waals surface area contributed by atoms with Crippen LogP contribution in [0.4, 0.5) is 0 Å². The molecule has 0 saturated heterocycles. The van der Waals surface area contributed by atoms with Gasteiger partial charge >= 0.3 is 0 Å². The molecule has 0 aliphatic carbocycles. The largest absolute Gasteiger partial charge is 0.394 e. The molecule has 0 saturated carbocycles. The van der Waals surface area contributed by atoms with Gasteiger partial charge in [-0.25, -0.2) is 0 Å². The van der Waals surface area contributed by atoms with Crippen molar-refractivity contribution in [3.8, 4) is 0 Å². The quantitative estimate of drug-likeness (QED) is 0.0753. The van der Waals surface area contributed by atoms with E-state index < -0.39 is 0 Å². The summed E-state index contributed by atoms with van der Waals surface area (Å²) < 4.78 is 29.9. The number of ether oxygens (including phenoxy) is 4. The fourth-order valence-electron chi connectivity index (χ4n) is 3.10. The van der Waals surface area contributed by atoms with Gasteiger partial charge in [-0.1, -0.05) is 70.6 Å². The first-order valence-corrected chi connectivity index (χ1v) is 23.9. The molecular formula is C28H44O8S10. The van der Waals surface area contributed by atoms with Gasteiger partial charge in [0.1, 0.15) is 0 Å². The average molecular weight is 829 g/mol. The summed E-state index contributed by atoms with van der Waals surface area (Å²) in [5.74, 6) is 5.33. The SMILES string of the molecule is CC(=O)SCCCSC1=C(SCCCSC(C)=O)SC(=C2SC(SCCOCCOCCO)=C(SCCOCCOCCO)S2)S1. The van der Waals surface area contributed by atoms with Crippen molar-refractivity contribution < 1.29 is 38.7 Å². The maximum absolute atomic E-state index is 11.3. The normalized spacial score (nSPS) is 15.2. The van der Waals surface area contributed by atoms with E-state index in [0.29, 0.717) is 52.9 Å². The summed E-state index contributed by atoms with van der Waals surface area (Å²) in [6.07, 6.45) is 1.97. The highest BCUT2D eigenvalue weighted by Gasteiger charge is 2.31. The standard InChI is InChI=1S/C28H44O8S10/c1-21(31)37-15-3-17-39-23-24(40-18-4-16-38-22(2)32)44-27(43-23)28-45-25(41-19-13-35-11-9-33-7-5-29)26(46-28)42-20-14-36-12-10-34-8-6-30/h29-30H,3-20H2,1-2H3. The van der Waals surface area contributed by atoms with Crippen molar-refractivity contribution in [1.29, 1.82) is 0 Å². The fraction of sp³-hybridized carbons (Fsp3) is 0.714. The summed E-state index contributed by atoms with van der Waals surface area (Å²) in [6, 6.07) is 0. The highest BCUT2D eigenvalue weighted by atomic mass is 32.3. The monoisotopic (exact) mass is 828 g/mol. The lowest BCUT2D eigenvalue weighted by Crippen LogP contribution is -2.08. The molecule has 0 unspecified atom stereocenters. The smallest absolute Gasteiger partial charge is 0.185 e. The molecule has 2 aliphatic heterocycles. The van der Waals surface area contributed by atoms with Crippen molar-refractivity contribution in [2.24, 2.45) is 0 Å². The molecule has 8 nitrogen and oxygen atoms in total. The van der Waals surface area contributed by atoms with Gasteiger partial charge in [-0.2, -0.15) is 0 Å². The molecule has 0 aromatic heterocycles. The van der Waals surface area contributed by atoms with Crippen LogP contribution in [-0.4, -0.2) is 121 Å². The number of hydrogen-bond donors (Lipinski definition) is 2. The Hall–Kier alpha value is 1.82. The van der Waals surface area contributed by atoms with Crippen LogP contribution in [0.3, 0.4) is 0 Å². The summed E-state index contributed by atoms with van der Waals surface area (Å²) in [7, 11) is 0. The van der Waals surface area contributed by atoms with Crippen molar-refractivity contribution in [3.63, 3.8) is 0 Å². The second kappa shape index (κ2) is 29.4. The third-order valence-corrected chi connectivity index (χ3v) is 18.5. The van der Waals surface area contributed by atoms with Gasteiger partial charge in [-0.15, -0.1) is 47.0 Å². The lowest BCUT2D eigenvalue weighted by molar-refractivity contribution is -0.109. The third-order valence-electron chi connectivity index (χ3n) is 5.03. The van der Waals surface area contributed by atoms with Crippen molar-refractivity contribution in [3.05, 3.63) is 25.4 Å². The Labute approximate surface area is 316 Å². The predicted octanol–water partition coefficient (Wildman–Crippen LogP) is 7.65. The van der Waals surface area contributed by atoms with Crippen molar-refractivity contribution in [2.75, 3.05) is 101 Å². The summed E-state index contributed by atoms with van der Waals surface area (Å²) in [5, 5.41) is 18.0. The minimum atomic E-state index is 0.0206. The van der Waals surface area contributed by atoms with Crippen molar-refractivity contribution >= 4 is 128 Å². The van der Waals surface area contributed by atoms with Gasteiger partial charge < -0.3 is 29.2 Å². The van der Waals surface area contributed by atoms with Crippen LogP contribution in [-0.2, 0) is 28.5 Å². The molecule has 2 rings (SSSR count). The Bertz CT molecular complexity index is 923. The van der Waals surface area contributed by atoms with Gasteiger partial charge in [0.05, 0.1) is 91.5 Å². The van der Waals surface area contributed by atoms with Crippen LogP contribution in [0, 0.1) is 0 Å². The molecule has 18 heteroatoms. The highest BCUT2D eigenvalue weighted by molar-refractivity contribution is 8.45. The lowest BCUT2D eigenvalue weighted by atomic mass is 10.6. The molecule has 0 spiro atoms. The number of hydrogen-bond acceptors (Lipinski definition) is 18. The van der Waals surface area contributed by atoms with Gasteiger partial charge in [0, 0.05) is 36.9 Å². The number of carbonyl (C=O) groups is 2. The molecule has 0 aromatic rings. The molecule has 0 amide bonds. The zero-order valence-electron chi connectivity index (χ0n) is 26.2. The Morgan fingerprint density at radius 1 is 0.500 bits per heavy atom. The van der Waals surface area contributed by atoms with E-state index in [1.54, 1.807) is 13.8 Å². The topological polar surface area (TPSA) is 112 Å². The van der Waals surface area contributed by atoms with Crippen LogP contribution in [0.5, 0.6) is 0 Å². The Kier molecular flexibility index (Phi) is 28.1. The molecule has 2 aliphatic rings. The van der Waals surface area contributed by atoms with E-state index >= 15 is 0 Å². The summed E-state index contributed by atoms with van der Waals surface area (Å²) in [5.41, 5.74) is 0. The maximum Gasteiger partial charge on any atom is 0.185 e.